The van der Waals surface area contributed by atoms with E-state index in [2.05, 4.69) is 31.2 Å². The van der Waals surface area contributed by atoms with Crippen LogP contribution in [-0.4, -0.2) is 72.2 Å². The number of aliphatic hydroxyl groups is 1. The highest BCUT2D eigenvalue weighted by atomic mass is 16.5. The maximum absolute atomic E-state index is 10.1. The molecule has 190 valence electrons. The van der Waals surface area contributed by atoms with E-state index in [9.17, 15) is 10.4 Å². The summed E-state index contributed by atoms with van der Waals surface area (Å²) in [6, 6.07) is 8.99. The molecule has 0 spiro atoms. The van der Waals surface area contributed by atoms with Crippen LogP contribution in [0.15, 0.2) is 41.2 Å². The van der Waals surface area contributed by atoms with Gasteiger partial charge in [-0.15, -0.1) is 10.2 Å². The maximum Gasteiger partial charge on any atom is 0.230 e. The molecule has 1 N–H and O–H groups in total. The van der Waals surface area contributed by atoms with Gasteiger partial charge in [-0.3, -0.25) is 4.90 Å². The third-order valence-corrected chi connectivity index (χ3v) is 6.91. The summed E-state index contributed by atoms with van der Waals surface area (Å²) < 4.78 is 13.0. The van der Waals surface area contributed by atoms with Gasteiger partial charge in [-0.1, -0.05) is 0 Å². The van der Waals surface area contributed by atoms with Crippen molar-refractivity contribution in [2.45, 2.75) is 51.4 Å². The van der Waals surface area contributed by atoms with Gasteiger partial charge in [0.25, 0.3) is 0 Å². The fourth-order valence-corrected chi connectivity index (χ4v) is 5.16. The van der Waals surface area contributed by atoms with E-state index >= 15 is 0 Å². The zero-order valence-electron chi connectivity index (χ0n) is 21.0. The van der Waals surface area contributed by atoms with Crippen LogP contribution < -0.4 is 9.64 Å². The smallest absolute Gasteiger partial charge is 0.230 e. The van der Waals surface area contributed by atoms with E-state index < -0.39 is 5.60 Å². The van der Waals surface area contributed by atoms with Crippen molar-refractivity contribution in [2.24, 2.45) is 0 Å². The van der Waals surface area contributed by atoms with Gasteiger partial charge in [0.05, 0.1) is 35.6 Å². The number of fused-ring (bicyclic) bond motifs is 3. The van der Waals surface area contributed by atoms with Crippen LogP contribution in [0.4, 0.5) is 5.82 Å². The molecule has 7 heterocycles. The lowest BCUT2D eigenvalue weighted by molar-refractivity contribution is -0.0151. The van der Waals surface area contributed by atoms with Crippen LogP contribution in [-0.2, 0) is 6.54 Å². The number of ether oxygens (including phenoxy) is 1. The highest BCUT2D eigenvalue weighted by Gasteiger charge is 2.45. The fraction of sp³-hybridized carbons (Fsp3) is 0.423. The Morgan fingerprint density at radius 2 is 2.03 bits per heavy atom. The van der Waals surface area contributed by atoms with Crippen molar-refractivity contribution < 1.29 is 14.3 Å². The van der Waals surface area contributed by atoms with Gasteiger partial charge in [0.1, 0.15) is 24.2 Å². The molecule has 3 saturated heterocycles. The quantitative estimate of drug-likeness (QED) is 0.404. The molecular weight excluding hydrogens is 472 g/mol. The van der Waals surface area contributed by atoms with Gasteiger partial charge in [-0.05, 0) is 38.5 Å². The molecule has 0 radical (unpaired) electrons. The summed E-state index contributed by atoms with van der Waals surface area (Å²) in [5, 5.41) is 32.1. The second kappa shape index (κ2) is 8.83. The first-order valence-corrected chi connectivity index (χ1v) is 12.3. The summed E-state index contributed by atoms with van der Waals surface area (Å²) in [6.07, 6.45) is 6.25. The first-order valence-electron chi connectivity index (χ1n) is 12.3. The molecule has 7 rings (SSSR count). The van der Waals surface area contributed by atoms with Crippen molar-refractivity contribution in [1.82, 2.24) is 29.7 Å². The Hall–Kier alpha value is -4.01. The van der Waals surface area contributed by atoms with Crippen molar-refractivity contribution >= 4 is 11.3 Å². The summed E-state index contributed by atoms with van der Waals surface area (Å²) in [5.41, 5.74) is 1.84. The van der Waals surface area contributed by atoms with E-state index in [1.807, 2.05) is 31.3 Å². The lowest BCUT2D eigenvalue weighted by Gasteiger charge is -2.56. The van der Waals surface area contributed by atoms with Gasteiger partial charge < -0.3 is 19.2 Å². The van der Waals surface area contributed by atoms with E-state index in [0.29, 0.717) is 47.2 Å². The number of nitriles is 1. The number of aryl methyl sites for hydroxylation is 1. The molecule has 3 fully saturated rings. The summed E-state index contributed by atoms with van der Waals surface area (Å²) in [6.45, 7) is 7.78. The average Bonchev–Trinajstić information content (AvgIpc) is 3.50. The first kappa shape index (κ1) is 23.4. The molecule has 37 heavy (non-hydrogen) atoms. The van der Waals surface area contributed by atoms with Gasteiger partial charge in [0.15, 0.2) is 0 Å². The van der Waals surface area contributed by atoms with Gasteiger partial charge in [0, 0.05) is 49.4 Å². The van der Waals surface area contributed by atoms with Crippen molar-refractivity contribution in [1.29, 1.82) is 5.26 Å². The van der Waals surface area contributed by atoms with Crippen LogP contribution in [0.5, 0.6) is 5.75 Å². The molecular formula is C26H28N8O3. The molecule has 3 aliphatic heterocycles. The third kappa shape index (κ3) is 4.50. The van der Waals surface area contributed by atoms with E-state index in [-0.39, 0.29) is 6.61 Å². The number of hydrogen-bond acceptors (Lipinski definition) is 10. The van der Waals surface area contributed by atoms with Crippen LogP contribution in [0, 0.1) is 18.3 Å². The van der Waals surface area contributed by atoms with Crippen molar-refractivity contribution in [3.63, 3.8) is 0 Å². The molecule has 0 saturated carbocycles. The minimum Gasteiger partial charge on any atom is -0.489 e. The maximum atomic E-state index is 10.1. The lowest BCUT2D eigenvalue weighted by Crippen LogP contribution is -2.68. The third-order valence-electron chi connectivity index (χ3n) is 6.91. The zero-order chi connectivity index (χ0) is 25.7. The number of pyridine rings is 2. The molecule has 2 atom stereocenters. The van der Waals surface area contributed by atoms with Crippen LogP contribution >= 0.6 is 0 Å². The second-order valence-corrected chi connectivity index (χ2v) is 10.4. The SMILES string of the molecule is Cc1nnc(CN2C3CC2CN(c2ccc(-c4cc(OCC(C)(C)O)cn5ncc(C#N)c45)cn2)C3)o1. The Kier molecular flexibility index (Phi) is 5.58. The monoisotopic (exact) mass is 500 g/mol. The Bertz CT molecular complexity index is 1470. The Morgan fingerprint density at radius 3 is 2.68 bits per heavy atom. The molecule has 3 aliphatic rings. The van der Waals surface area contributed by atoms with Crippen molar-refractivity contribution in [2.75, 3.05) is 24.6 Å². The van der Waals surface area contributed by atoms with Crippen LogP contribution in [0.2, 0.25) is 0 Å². The molecule has 4 aromatic heterocycles. The van der Waals surface area contributed by atoms with Gasteiger partial charge in [0.2, 0.25) is 11.8 Å². The number of aromatic nitrogens is 5. The molecule has 2 bridgehead atoms. The highest BCUT2D eigenvalue weighted by molar-refractivity contribution is 5.85. The summed E-state index contributed by atoms with van der Waals surface area (Å²) in [5.74, 6) is 2.73. The van der Waals surface area contributed by atoms with Crippen molar-refractivity contribution in [3.05, 3.63) is 54.1 Å². The Labute approximate surface area is 213 Å². The summed E-state index contributed by atoms with van der Waals surface area (Å²) >= 11 is 0. The van der Waals surface area contributed by atoms with Crippen LogP contribution in [0.3, 0.4) is 0 Å². The number of anilines is 1. The van der Waals surface area contributed by atoms with Gasteiger partial charge in [-0.2, -0.15) is 10.4 Å². The zero-order valence-corrected chi connectivity index (χ0v) is 21.0. The number of piperazine rings is 1. The molecule has 2 unspecified atom stereocenters. The normalized spacial score (nSPS) is 19.6. The van der Waals surface area contributed by atoms with E-state index in [1.54, 1.807) is 30.8 Å². The standard InChI is InChI=1S/C26H28N8O3/c1-16-30-31-24(37-16)14-33-19-6-20(33)12-32(11-19)23-5-4-17(9-28-23)22-7-21(36-15-26(2,3)35)13-34-25(22)18(8-27)10-29-34/h4-5,7,9-10,13,19-20,35H,6,11-12,14-15H2,1-3H3. The number of hydrogen-bond donors (Lipinski definition) is 1. The first-order chi connectivity index (χ1) is 17.8. The minimum absolute atomic E-state index is 0.127. The molecule has 11 nitrogen and oxygen atoms in total. The van der Waals surface area contributed by atoms with E-state index in [0.717, 1.165) is 36.5 Å². The predicted octanol–water partition coefficient (Wildman–Crippen LogP) is 2.57. The highest BCUT2D eigenvalue weighted by Crippen LogP contribution is 2.36. The van der Waals surface area contributed by atoms with Crippen molar-refractivity contribution in [3.8, 4) is 22.9 Å². The molecule has 11 heteroatoms. The minimum atomic E-state index is -0.977. The van der Waals surface area contributed by atoms with Gasteiger partial charge >= 0.3 is 0 Å². The lowest BCUT2D eigenvalue weighted by atomic mass is 9.87. The van der Waals surface area contributed by atoms with E-state index in [4.69, 9.17) is 14.1 Å². The molecule has 0 aliphatic carbocycles. The second-order valence-electron chi connectivity index (χ2n) is 10.4. The van der Waals surface area contributed by atoms with Crippen LogP contribution in [0.1, 0.15) is 37.6 Å². The Balaban J connectivity index is 1.22. The Morgan fingerprint density at radius 1 is 1.22 bits per heavy atom. The number of piperidine rings is 1. The number of rotatable bonds is 7. The average molecular weight is 501 g/mol. The van der Waals surface area contributed by atoms with Crippen LogP contribution in [0.25, 0.3) is 16.6 Å². The summed E-state index contributed by atoms with van der Waals surface area (Å²) in [4.78, 5) is 9.52. The largest absolute Gasteiger partial charge is 0.489 e. The fourth-order valence-electron chi connectivity index (χ4n) is 5.16. The molecule has 0 amide bonds. The molecule has 0 aromatic carbocycles. The summed E-state index contributed by atoms with van der Waals surface area (Å²) in [7, 11) is 0. The number of nitrogens with zero attached hydrogens (tertiary/aromatic N) is 8. The van der Waals surface area contributed by atoms with E-state index in [1.165, 1.54) is 0 Å². The van der Waals surface area contributed by atoms with Gasteiger partial charge in [-0.25, -0.2) is 9.50 Å². The molecule has 4 aromatic rings. The predicted molar refractivity (Wildman–Crippen MR) is 134 cm³/mol. The topological polar surface area (TPSA) is 129 Å².